The number of ether oxygens (including phenoxy) is 1. The summed E-state index contributed by atoms with van der Waals surface area (Å²) in [5.41, 5.74) is 1.09. The second kappa shape index (κ2) is 5.49. The summed E-state index contributed by atoms with van der Waals surface area (Å²) in [6.45, 7) is 5.04. The molecule has 0 aliphatic heterocycles. The van der Waals surface area contributed by atoms with Gasteiger partial charge in [-0.05, 0) is 26.0 Å². The highest BCUT2D eigenvalue weighted by atomic mass is 16.5. The van der Waals surface area contributed by atoms with Crippen LogP contribution in [0.2, 0.25) is 0 Å². The fraction of sp³-hybridized carbons (Fsp3) is 0.286. The van der Waals surface area contributed by atoms with Crippen molar-refractivity contribution in [2.24, 2.45) is 0 Å². The van der Waals surface area contributed by atoms with Gasteiger partial charge in [-0.15, -0.1) is 0 Å². The molecule has 0 amide bonds. The smallest absolute Gasteiger partial charge is 0.277 e. The maximum absolute atomic E-state index is 12.2. The van der Waals surface area contributed by atoms with Crippen LogP contribution in [-0.2, 0) is 6.54 Å². The van der Waals surface area contributed by atoms with Crippen molar-refractivity contribution in [3.63, 3.8) is 0 Å². The SMILES string of the molecule is CCOc1ccccc1-c1nccn(CC)c1=O. The van der Waals surface area contributed by atoms with Crippen LogP contribution in [0.1, 0.15) is 13.8 Å². The molecule has 0 radical (unpaired) electrons. The molecule has 0 saturated carbocycles. The lowest BCUT2D eigenvalue weighted by molar-refractivity contribution is 0.341. The Labute approximate surface area is 106 Å². The van der Waals surface area contributed by atoms with Crippen LogP contribution in [0.15, 0.2) is 41.5 Å². The van der Waals surface area contributed by atoms with Crippen LogP contribution < -0.4 is 10.3 Å². The van der Waals surface area contributed by atoms with E-state index in [0.717, 1.165) is 5.56 Å². The monoisotopic (exact) mass is 244 g/mol. The Bertz CT molecular complexity index is 590. The van der Waals surface area contributed by atoms with Gasteiger partial charge in [0.1, 0.15) is 11.4 Å². The van der Waals surface area contributed by atoms with E-state index >= 15 is 0 Å². The summed E-state index contributed by atoms with van der Waals surface area (Å²) in [4.78, 5) is 16.4. The summed E-state index contributed by atoms with van der Waals surface area (Å²) < 4.78 is 7.16. The van der Waals surface area contributed by atoms with Crippen molar-refractivity contribution in [2.75, 3.05) is 6.61 Å². The van der Waals surface area contributed by atoms with Gasteiger partial charge < -0.3 is 9.30 Å². The van der Waals surface area contributed by atoms with Crippen molar-refractivity contribution in [3.05, 3.63) is 47.0 Å². The minimum atomic E-state index is -0.0906. The minimum Gasteiger partial charge on any atom is -0.493 e. The predicted octanol–water partition coefficient (Wildman–Crippen LogP) is 2.33. The van der Waals surface area contributed by atoms with E-state index in [4.69, 9.17) is 4.74 Å². The summed E-state index contributed by atoms with van der Waals surface area (Å²) >= 11 is 0. The summed E-state index contributed by atoms with van der Waals surface area (Å²) in [6, 6.07) is 7.47. The molecule has 0 spiro atoms. The van der Waals surface area contributed by atoms with Crippen molar-refractivity contribution in [3.8, 4) is 17.0 Å². The molecule has 4 nitrogen and oxygen atoms in total. The lowest BCUT2D eigenvalue weighted by Crippen LogP contribution is -2.21. The zero-order valence-electron chi connectivity index (χ0n) is 10.6. The molecule has 18 heavy (non-hydrogen) atoms. The van der Waals surface area contributed by atoms with Gasteiger partial charge in [0.15, 0.2) is 0 Å². The molecular formula is C14H16N2O2. The number of nitrogens with zero attached hydrogens (tertiary/aromatic N) is 2. The van der Waals surface area contributed by atoms with Crippen molar-refractivity contribution in [1.82, 2.24) is 9.55 Å². The number of hydrogen-bond donors (Lipinski definition) is 0. The Morgan fingerprint density at radius 3 is 2.78 bits per heavy atom. The van der Waals surface area contributed by atoms with Crippen LogP contribution in [0.3, 0.4) is 0 Å². The van der Waals surface area contributed by atoms with E-state index in [1.165, 1.54) is 0 Å². The number of hydrogen-bond acceptors (Lipinski definition) is 3. The summed E-state index contributed by atoms with van der Waals surface area (Å²) in [6.07, 6.45) is 3.33. The highest BCUT2D eigenvalue weighted by molar-refractivity contribution is 5.66. The maximum Gasteiger partial charge on any atom is 0.277 e. The number of benzene rings is 1. The van der Waals surface area contributed by atoms with Gasteiger partial charge in [0.25, 0.3) is 5.56 Å². The fourth-order valence-electron chi connectivity index (χ4n) is 1.82. The van der Waals surface area contributed by atoms with Crippen molar-refractivity contribution in [1.29, 1.82) is 0 Å². The third kappa shape index (κ3) is 2.27. The lowest BCUT2D eigenvalue weighted by atomic mass is 10.1. The average molecular weight is 244 g/mol. The summed E-state index contributed by atoms with van der Waals surface area (Å²) in [5, 5.41) is 0. The average Bonchev–Trinajstić information content (AvgIpc) is 2.40. The van der Waals surface area contributed by atoms with E-state index in [1.54, 1.807) is 17.0 Å². The number of rotatable bonds is 4. The summed E-state index contributed by atoms with van der Waals surface area (Å²) in [5.74, 6) is 0.693. The maximum atomic E-state index is 12.2. The van der Waals surface area contributed by atoms with E-state index in [0.29, 0.717) is 24.6 Å². The topological polar surface area (TPSA) is 44.1 Å². The van der Waals surface area contributed by atoms with Crippen LogP contribution in [0.5, 0.6) is 5.75 Å². The molecule has 94 valence electrons. The Kier molecular flexibility index (Phi) is 3.77. The second-order valence-corrected chi connectivity index (χ2v) is 3.80. The van der Waals surface area contributed by atoms with Gasteiger partial charge in [0.2, 0.25) is 0 Å². The molecule has 0 atom stereocenters. The van der Waals surface area contributed by atoms with E-state index in [9.17, 15) is 4.79 Å². The van der Waals surface area contributed by atoms with E-state index in [1.807, 2.05) is 38.1 Å². The largest absolute Gasteiger partial charge is 0.493 e. The second-order valence-electron chi connectivity index (χ2n) is 3.80. The van der Waals surface area contributed by atoms with E-state index in [-0.39, 0.29) is 5.56 Å². The van der Waals surface area contributed by atoms with Crippen LogP contribution >= 0.6 is 0 Å². The molecular weight excluding hydrogens is 228 g/mol. The van der Waals surface area contributed by atoms with Gasteiger partial charge >= 0.3 is 0 Å². The van der Waals surface area contributed by atoms with Gasteiger partial charge in [-0.1, -0.05) is 12.1 Å². The third-order valence-corrected chi connectivity index (χ3v) is 2.70. The molecule has 0 fully saturated rings. The number of aromatic nitrogens is 2. The standard InChI is InChI=1S/C14H16N2O2/c1-3-16-10-9-15-13(14(16)17)11-7-5-6-8-12(11)18-4-2/h5-10H,3-4H2,1-2H3. The highest BCUT2D eigenvalue weighted by Crippen LogP contribution is 2.25. The summed E-state index contributed by atoms with van der Waals surface area (Å²) in [7, 11) is 0. The molecule has 0 N–H and O–H groups in total. The number of para-hydroxylation sites is 1. The minimum absolute atomic E-state index is 0.0906. The van der Waals surface area contributed by atoms with Crippen LogP contribution in [-0.4, -0.2) is 16.2 Å². The van der Waals surface area contributed by atoms with Crippen molar-refractivity contribution >= 4 is 0 Å². The first-order chi connectivity index (χ1) is 8.77. The first-order valence-corrected chi connectivity index (χ1v) is 6.05. The van der Waals surface area contributed by atoms with E-state index < -0.39 is 0 Å². The molecule has 1 heterocycles. The quantitative estimate of drug-likeness (QED) is 0.829. The molecule has 2 aromatic rings. The van der Waals surface area contributed by atoms with Gasteiger partial charge in [0, 0.05) is 24.5 Å². The highest BCUT2D eigenvalue weighted by Gasteiger charge is 2.11. The first kappa shape index (κ1) is 12.4. The van der Waals surface area contributed by atoms with Crippen molar-refractivity contribution < 1.29 is 4.74 Å². The Morgan fingerprint density at radius 1 is 1.28 bits per heavy atom. The van der Waals surface area contributed by atoms with E-state index in [2.05, 4.69) is 4.98 Å². The molecule has 0 aliphatic rings. The third-order valence-electron chi connectivity index (χ3n) is 2.70. The first-order valence-electron chi connectivity index (χ1n) is 6.05. The Morgan fingerprint density at radius 2 is 2.06 bits per heavy atom. The van der Waals surface area contributed by atoms with Crippen LogP contribution in [0.4, 0.5) is 0 Å². The van der Waals surface area contributed by atoms with Gasteiger partial charge in [-0.3, -0.25) is 4.79 Å². The fourth-order valence-corrected chi connectivity index (χ4v) is 1.82. The molecule has 4 heteroatoms. The number of aryl methyl sites for hydroxylation is 1. The molecule has 0 aliphatic carbocycles. The molecule has 0 saturated heterocycles. The van der Waals surface area contributed by atoms with Gasteiger partial charge in [-0.25, -0.2) is 4.98 Å². The van der Waals surface area contributed by atoms with Gasteiger partial charge in [-0.2, -0.15) is 0 Å². The van der Waals surface area contributed by atoms with Gasteiger partial charge in [0.05, 0.1) is 6.61 Å². The van der Waals surface area contributed by atoms with Crippen LogP contribution in [0, 0.1) is 0 Å². The molecule has 0 bridgehead atoms. The molecule has 1 aromatic heterocycles. The molecule has 1 aromatic carbocycles. The van der Waals surface area contributed by atoms with Crippen LogP contribution in [0.25, 0.3) is 11.3 Å². The predicted molar refractivity (Wildman–Crippen MR) is 70.8 cm³/mol. The lowest BCUT2D eigenvalue weighted by Gasteiger charge is -2.10. The normalized spacial score (nSPS) is 10.3. The Hall–Kier alpha value is -2.10. The van der Waals surface area contributed by atoms with Crippen molar-refractivity contribution in [2.45, 2.75) is 20.4 Å². The molecule has 0 unspecified atom stereocenters. The zero-order chi connectivity index (χ0) is 13.0. The Balaban J connectivity index is 2.59. The zero-order valence-corrected chi connectivity index (χ0v) is 10.6. The molecule has 2 rings (SSSR count).